The van der Waals surface area contributed by atoms with Crippen LogP contribution in [0.2, 0.25) is 0 Å². The highest BCUT2D eigenvalue weighted by Gasteiger charge is 2.27. The molecule has 0 radical (unpaired) electrons. The second-order valence-corrected chi connectivity index (χ2v) is 7.63. The lowest BCUT2D eigenvalue weighted by atomic mass is 9.94. The molecule has 1 fully saturated rings. The quantitative estimate of drug-likeness (QED) is 0.682. The number of aromatic nitrogens is 3. The fourth-order valence-electron chi connectivity index (χ4n) is 3.86. The number of nitrogens with zero attached hydrogens (tertiary/aromatic N) is 4. The van der Waals surface area contributed by atoms with Crippen LogP contribution in [-0.4, -0.2) is 38.6 Å². The Labute approximate surface area is 169 Å². The minimum absolute atomic E-state index is 0.206. The highest BCUT2D eigenvalue weighted by molar-refractivity contribution is 5.93. The molecule has 1 aromatic carbocycles. The summed E-state index contributed by atoms with van der Waals surface area (Å²) in [6, 6.07) is 11.3. The fourth-order valence-corrected chi connectivity index (χ4v) is 3.86. The topological polar surface area (TPSA) is 81.2 Å². The third-order valence-electron chi connectivity index (χ3n) is 5.48. The lowest BCUT2D eigenvalue weighted by molar-refractivity contribution is 0.0665. The van der Waals surface area contributed by atoms with Crippen LogP contribution in [0.1, 0.15) is 34.7 Å². The minimum atomic E-state index is -0.264. The zero-order chi connectivity index (χ0) is 20.4. The van der Waals surface area contributed by atoms with Crippen LogP contribution in [0.4, 0.5) is 0 Å². The molecule has 2 aromatic heterocycles. The van der Waals surface area contributed by atoms with Crippen molar-refractivity contribution < 1.29 is 9.32 Å². The Balaban J connectivity index is 1.46. The van der Waals surface area contributed by atoms with Crippen molar-refractivity contribution in [2.24, 2.45) is 13.0 Å². The molecular formula is C22H24N4O3. The molecule has 7 heteroatoms. The van der Waals surface area contributed by atoms with Gasteiger partial charge in [0.1, 0.15) is 5.56 Å². The predicted octanol–water partition coefficient (Wildman–Crippen LogP) is 2.84. The maximum atomic E-state index is 12.9. The molecule has 1 aliphatic heterocycles. The molecule has 1 amide bonds. The van der Waals surface area contributed by atoms with Gasteiger partial charge in [-0.3, -0.25) is 9.59 Å². The number of amides is 1. The summed E-state index contributed by atoms with van der Waals surface area (Å²) in [7, 11) is 1.65. The van der Waals surface area contributed by atoms with E-state index in [4.69, 9.17) is 4.52 Å². The van der Waals surface area contributed by atoms with E-state index in [1.807, 2.05) is 31.2 Å². The van der Waals surface area contributed by atoms with E-state index in [9.17, 15) is 9.59 Å². The molecule has 0 unspecified atom stereocenters. The number of pyridine rings is 1. The summed E-state index contributed by atoms with van der Waals surface area (Å²) in [5.41, 5.74) is 2.01. The Morgan fingerprint density at radius 3 is 2.90 bits per heavy atom. The second kappa shape index (κ2) is 8.03. The molecule has 4 rings (SSSR count). The Hall–Kier alpha value is -3.22. The lowest BCUT2D eigenvalue weighted by Gasteiger charge is -2.32. The molecule has 0 spiro atoms. The van der Waals surface area contributed by atoms with Crippen molar-refractivity contribution in [1.82, 2.24) is 19.6 Å². The van der Waals surface area contributed by atoms with Crippen LogP contribution >= 0.6 is 0 Å². The number of aryl methyl sites for hydroxylation is 2. The SMILES string of the molecule is Cc1ccccc1-c1noc(C[C@@H]2CCCN(C(=O)c3cccn(C)c3=O)C2)n1. The van der Waals surface area contributed by atoms with E-state index in [2.05, 4.69) is 10.1 Å². The van der Waals surface area contributed by atoms with Crippen molar-refractivity contribution >= 4 is 5.91 Å². The monoisotopic (exact) mass is 392 g/mol. The van der Waals surface area contributed by atoms with Gasteiger partial charge in [-0.2, -0.15) is 4.98 Å². The van der Waals surface area contributed by atoms with Gasteiger partial charge in [0.2, 0.25) is 11.7 Å². The maximum Gasteiger partial charge on any atom is 0.263 e. The molecule has 0 N–H and O–H groups in total. The number of hydrogen-bond acceptors (Lipinski definition) is 5. The van der Waals surface area contributed by atoms with Gasteiger partial charge in [0.25, 0.3) is 11.5 Å². The van der Waals surface area contributed by atoms with E-state index in [1.165, 1.54) is 4.57 Å². The maximum absolute atomic E-state index is 12.9. The molecule has 1 aliphatic rings. The first-order chi connectivity index (χ1) is 14.0. The average Bonchev–Trinajstić information content (AvgIpc) is 3.18. The van der Waals surface area contributed by atoms with Gasteiger partial charge in [-0.15, -0.1) is 0 Å². The van der Waals surface area contributed by atoms with E-state index in [1.54, 1.807) is 30.3 Å². The zero-order valence-electron chi connectivity index (χ0n) is 16.7. The largest absolute Gasteiger partial charge is 0.339 e. The van der Waals surface area contributed by atoms with Crippen molar-refractivity contribution in [1.29, 1.82) is 0 Å². The van der Waals surface area contributed by atoms with E-state index in [0.29, 0.717) is 31.2 Å². The number of likely N-dealkylation sites (tertiary alicyclic amines) is 1. The zero-order valence-corrected chi connectivity index (χ0v) is 16.7. The fraction of sp³-hybridized carbons (Fsp3) is 0.364. The molecule has 29 heavy (non-hydrogen) atoms. The van der Waals surface area contributed by atoms with Gasteiger partial charge in [-0.1, -0.05) is 29.4 Å². The summed E-state index contributed by atoms with van der Waals surface area (Å²) in [5.74, 6) is 1.19. The molecule has 0 bridgehead atoms. The number of hydrogen-bond donors (Lipinski definition) is 0. The summed E-state index contributed by atoms with van der Waals surface area (Å²) in [5, 5.41) is 4.13. The minimum Gasteiger partial charge on any atom is -0.339 e. The number of benzene rings is 1. The Morgan fingerprint density at radius 1 is 1.24 bits per heavy atom. The summed E-state index contributed by atoms with van der Waals surface area (Å²) in [6.45, 7) is 3.26. The van der Waals surface area contributed by atoms with Gasteiger partial charge >= 0.3 is 0 Å². The van der Waals surface area contributed by atoms with Crippen LogP contribution in [0.3, 0.4) is 0 Å². The van der Waals surface area contributed by atoms with Crippen molar-refractivity contribution in [2.75, 3.05) is 13.1 Å². The molecule has 1 saturated heterocycles. The number of rotatable bonds is 4. The molecular weight excluding hydrogens is 368 g/mol. The summed E-state index contributed by atoms with van der Waals surface area (Å²) < 4.78 is 6.90. The summed E-state index contributed by atoms with van der Waals surface area (Å²) in [6.07, 6.45) is 4.15. The third-order valence-corrected chi connectivity index (χ3v) is 5.48. The van der Waals surface area contributed by atoms with Crippen molar-refractivity contribution in [3.8, 4) is 11.4 Å². The van der Waals surface area contributed by atoms with Crippen LogP contribution in [0.15, 0.2) is 51.9 Å². The number of carbonyl (C=O) groups is 1. The second-order valence-electron chi connectivity index (χ2n) is 7.63. The smallest absolute Gasteiger partial charge is 0.263 e. The van der Waals surface area contributed by atoms with Crippen molar-refractivity contribution in [2.45, 2.75) is 26.2 Å². The van der Waals surface area contributed by atoms with E-state index in [-0.39, 0.29) is 22.9 Å². The van der Waals surface area contributed by atoms with Gasteiger partial charge in [0.05, 0.1) is 0 Å². The molecule has 0 saturated carbocycles. The first kappa shape index (κ1) is 19.1. The molecule has 0 aliphatic carbocycles. The average molecular weight is 392 g/mol. The Morgan fingerprint density at radius 2 is 2.07 bits per heavy atom. The van der Waals surface area contributed by atoms with Crippen molar-refractivity contribution in [3.05, 3.63) is 70.0 Å². The van der Waals surface area contributed by atoms with Crippen LogP contribution in [0.5, 0.6) is 0 Å². The van der Waals surface area contributed by atoms with Gasteiger partial charge < -0.3 is 14.0 Å². The van der Waals surface area contributed by atoms with Crippen LogP contribution in [0.25, 0.3) is 11.4 Å². The summed E-state index contributed by atoms with van der Waals surface area (Å²) >= 11 is 0. The highest BCUT2D eigenvalue weighted by atomic mass is 16.5. The first-order valence-corrected chi connectivity index (χ1v) is 9.86. The molecule has 3 heterocycles. The Bertz CT molecular complexity index is 1090. The lowest BCUT2D eigenvalue weighted by Crippen LogP contribution is -2.42. The van der Waals surface area contributed by atoms with E-state index in [0.717, 1.165) is 24.0 Å². The molecule has 1 atom stereocenters. The van der Waals surface area contributed by atoms with Gasteiger partial charge in [-0.05, 0) is 43.4 Å². The van der Waals surface area contributed by atoms with Gasteiger partial charge in [0, 0.05) is 38.3 Å². The van der Waals surface area contributed by atoms with Crippen LogP contribution < -0.4 is 5.56 Å². The predicted molar refractivity (Wildman–Crippen MR) is 108 cm³/mol. The normalized spacial score (nSPS) is 16.8. The van der Waals surface area contributed by atoms with E-state index < -0.39 is 0 Å². The van der Waals surface area contributed by atoms with E-state index >= 15 is 0 Å². The van der Waals surface area contributed by atoms with Gasteiger partial charge in [0.15, 0.2) is 0 Å². The summed E-state index contributed by atoms with van der Waals surface area (Å²) in [4.78, 5) is 31.5. The highest BCUT2D eigenvalue weighted by Crippen LogP contribution is 2.24. The van der Waals surface area contributed by atoms with Crippen LogP contribution in [-0.2, 0) is 13.5 Å². The molecule has 3 aromatic rings. The Kier molecular flexibility index (Phi) is 5.29. The van der Waals surface area contributed by atoms with Crippen LogP contribution in [0, 0.1) is 12.8 Å². The molecule has 150 valence electrons. The third kappa shape index (κ3) is 3.99. The van der Waals surface area contributed by atoms with Crippen molar-refractivity contribution in [3.63, 3.8) is 0 Å². The number of piperidine rings is 1. The first-order valence-electron chi connectivity index (χ1n) is 9.86. The standard InChI is InChI=1S/C22H24N4O3/c1-15-7-3-4-9-17(15)20-23-19(29-24-20)13-16-8-5-12-26(14-16)22(28)18-10-6-11-25(2)21(18)27/h3-4,6-7,9-11,16H,5,8,12-14H2,1-2H3/t16-/m0/s1. The number of carbonyl (C=O) groups excluding carboxylic acids is 1. The van der Waals surface area contributed by atoms with Gasteiger partial charge in [-0.25, -0.2) is 0 Å². The molecule has 7 nitrogen and oxygen atoms in total.